The Morgan fingerprint density at radius 3 is 2.19 bits per heavy atom. The van der Waals surface area contributed by atoms with Gasteiger partial charge < -0.3 is 9.64 Å². The van der Waals surface area contributed by atoms with Crippen LogP contribution in [0.2, 0.25) is 5.02 Å². The minimum Gasteiger partial charge on any atom is -0.492 e. The van der Waals surface area contributed by atoms with E-state index < -0.39 is 10.0 Å². The first kappa shape index (κ1) is 20.0. The molecule has 0 aliphatic carbocycles. The first-order valence-electron chi connectivity index (χ1n) is 9.18. The molecule has 1 aliphatic heterocycles. The first-order valence-corrected chi connectivity index (χ1v) is 11.2. The minimum atomic E-state index is -3.32. The fourth-order valence-electron chi connectivity index (χ4n) is 3.09. The third-order valence-corrected chi connectivity index (χ3v) is 6.85. The van der Waals surface area contributed by atoms with Gasteiger partial charge in [-0.05, 0) is 48.4 Å². The van der Waals surface area contributed by atoms with Gasteiger partial charge in [-0.25, -0.2) is 8.42 Å². The van der Waals surface area contributed by atoms with Gasteiger partial charge in [0.2, 0.25) is 10.0 Å². The Hall–Kier alpha value is -1.76. The molecule has 0 unspecified atom stereocenters. The van der Waals surface area contributed by atoms with E-state index in [0.29, 0.717) is 37.0 Å². The number of halogens is 1. The monoisotopic (exact) mass is 408 g/mol. The maximum absolute atomic E-state index is 12.6. The van der Waals surface area contributed by atoms with Crippen molar-refractivity contribution in [3.63, 3.8) is 0 Å². The molecular formula is C20H25ClN2O3S. The molecule has 7 heteroatoms. The van der Waals surface area contributed by atoms with Crippen molar-refractivity contribution in [3.05, 3.63) is 59.1 Å². The highest BCUT2D eigenvalue weighted by atomic mass is 35.5. The lowest BCUT2D eigenvalue weighted by Crippen LogP contribution is -2.49. The molecule has 0 N–H and O–H groups in total. The molecule has 0 amide bonds. The smallest absolute Gasteiger partial charge is 0.217 e. The predicted octanol–water partition coefficient (Wildman–Crippen LogP) is 3.43. The zero-order valence-electron chi connectivity index (χ0n) is 15.5. The van der Waals surface area contributed by atoms with Gasteiger partial charge in [0, 0.05) is 36.9 Å². The molecule has 0 radical (unpaired) electrons. The Kier molecular flexibility index (Phi) is 6.63. The molecular weight excluding hydrogens is 384 g/mol. The number of sulfonamides is 1. The van der Waals surface area contributed by atoms with Gasteiger partial charge in [0.05, 0.1) is 5.75 Å². The second-order valence-electron chi connectivity index (χ2n) is 6.52. The molecule has 5 nitrogen and oxygen atoms in total. The number of piperazine rings is 1. The van der Waals surface area contributed by atoms with Gasteiger partial charge in [-0.3, -0.25) is 0 Å². The molecule has 146 valence electrons. The topological polar surface area (TPSA) is 49.9 Å². The van der Waals surface area contributed by atoms with Crippen molar-refractivity contribution in [2.24, 2.45) is 0 Å². The van der Waals surface area contributed by atoms with Gasteiger partial charge in [-0.1, -0.05) is 30.7 Å². The molecule has 1 fully saturated rings. The maximum atomic E-state index is 12.6. The molecule has 1 saturated heterocycles. The SMILES string of the molecule is CCc1ccc(OCCS(=O)(=O)N2CCN(c3ccc(Cl)cc3)CC2)cc1. The summed E-state index contributed by atoms with van der Waals surface area (Å²) in [6.07, 6.45) is 0.969. The maximum Gasteiger partial charge on any atom is 0.217 e. The van der Waals surface area contributed by atoms with E-state index in [-0.39, 0.29) is 12.4 Å². The van der Waals surface area contributed by atoms with E-state index in [4.69, 9.17) is 16.3 Å². The van der Waals surface area contributed by atoms with Gasteiger partial charge in [0.15, 0.2) is 0 Å². The van der Waals surface area contributed by atoms with Crippen molar-refractivity contribution in [3.8, 4) is 5.75 Å². The summed E-state index contributed by atoms with van der Waals surface area (Å²) in [6.45, 7) is 4.55. The molecule has 2 aromatic carbocycles. The summed E-state index contributed by atoms with van der Waals surface area (Å²) in [5, 5.41) is 0.698. The van der Waals surface area contributed by atoms with Gasteiger partial charge in [-0.2, -0.15) is 4.31 Å². The summed E-state index contributed by atoms with van der Waals surface area (Å²) in [6, 6.07) is 15.4. The minimum absolute atomic E-state index is 0.0104. The van der Waals surface area contributed by atoms with Crippen LogP contribution >= 0.6 is 11.6 Å². The molecule has 0 atom stereocenters. The molecule has 0 spiro atoms. The summed E-state index contributed by atoms with van der Waals surface area (Å²) in [5.41, 5.74) is 2.30. The van der Waals surface area contributed by atoms with Gasteiger partial charge in [-0.15, -0.1) is 0 Å². The highest BCUT2D eigenvalue weighted by Crippen LogP contribution is 2.20. The molecule has 1 heterocycles. The van der Waals surface area contributed by atoms with E-state index in [1.54, 1.807) is 4.31 Å². The summed E-state index contributed by atoms with van der Waals surface area (Å²) in [5.74, 6) is 0.693. The van der Waals surface area contributed by atoms with E-state index >= 15 is 0 Å². The van der Waals surface area contributed by atoms with Crippen LogP contribution in [-0.4, -0.2) is 51.3 Å². The summed E-state index contributed by atoms with van der Waals surface area (Å²) >= 11 is 5.92. The van der Waals surface area contributed by atoms with Gasteiger partial charge in [0.25, 0.3) is 0 Å². The highest BCUT2D eigenvalue weighted by molar-refractivity contribution is 7.89. The Morgan fingerprint density at radius 1 is 0.963 bits per heavy atom. The van der Waals surface area contributed by atoms with Crippen molar-refractivity contribution in [2.45, 2.75) is 13.3 Å². The number of aryl methyl sites for hydroxylation is 1. The number of ether oxygens (including phenoxy) is 1. The van der Waals surface area contributed by atoms with E-state index in [9.17, 15) is 8.42 Å². The van der Waals surface area contributed by atoms with Crippen molar-refractivity contribution in [1.29, 1.82) is 0 Å². The van der Waals surface area contributed by atoms with Crippen molar-refractivity contribution < 1.29 is 13.2 Å². The number of nitrogens with zero attached hydrogens (tertiary/aromatic N) is 2. The van der Waals surface area contributed by atoms with Crippen molar-refractivity contribution >= 4 is 27.3 Å². The second-order valence-corrected chi connectivity index (χ2v) is 9.05. The van der Waals surface area contributed by atoms with E-state index in [0.717, 1.165) is 12.1 Å². The largest absolute Gasteiger partial charge is 0.492 e. The fraction of sp³-hybridized carbons (Fsp3) is 0.400. The Balaban J connectivity index is 1.48. The fourth-order valence-corrected chi connectivity index (χ4v) is 4.49. The molecule has 1 aliphatic rings. The average Bonchev–Trinajstić information content (AvgIpc) is 2.69. The molecule has 0 bridgehead atoms. The van der Waals surface area contributed by atoms with Gasteiger partial charge in [0.1, 0.15) is 12.4 Å². The van der Waals surface area contributed by atoms with Crippen LogP contribution in [0.3, 0.4) is 0 Å². The highest BCUT2D eigenvalue weighted by Gasteiger charge is 2.26. The molecule has 3 rings (SSSR count). The second kappa shape index (κ2) is 8.95. The Morgan fingerprint density at radius 2 is 1.59 bits per heavy atom. The average molecular weight is 409 g/mol. The Labute approximate surface area is 166 Å². The van der Waals surface area contributed by atoms with Crippen molar-refractivity contribution in [2.75, 3.05) is 43.4 Å². The zero-order valence-corrected chi connectivity index (χ0v) is 17.0. The normalized spacial score (nSPS) is 15.7. The third kappa shape index (κ3) is 5.37. The molecule has 0 saturated carbocycles. The quantitative estimate of drug-likeness (QED) is 0.704. The summed E-state index contributed by atoms with van der Waals surface area (Å²) < 4.78 is 32.3. The number of benzene rings is 2. The summed E-state index contributed by atoms with van der Waals surface area (Å²) in [4.78, 5) is 2.17. The molecule has 27 heavy (non-hydrogen) atoms. The van der Waals surface area contributed by atoms with E-state index in [1.807, 2.05) is 48.5 Å². The van der Waals surface area contributed by atoms with E-state index in [2.05, 4.69) is 11.8 Å². The summed E-state index contributed by atoms with van der Waals surface area (Å²) in [7, 11) is -3.32. The first-order chi connectivity index (χ1) is 13.0. The van der Waals surface area contributed by atoms with Crippen LogP contribution in [0.4, 0.5) is 5.69 Å². The van der Waals surface area contributed by atoms with Gasteiger partial charge >= 0.3 is 0 Å². The predicted molar refractivity (Wildman–Crippen MR) is 110 cm³/mol. The number of rotatable bonds is 7. The van der Waals surface area contributed by atoms with Crippen molar-refractivity contribution in [1.82, 2.24) is 4.31 Å². The lowest BCUT2D eigenvalue weighted by atomic mass is 10.2. The van der Waals surface area contributed by atoms with Crippen LogP contribution in [0.1, 0.15) is 12.5 Å². The number of hydrogen-bond donors (Lipinski definition) is 0. The lowest BCUT2D eigenvalue weighted by Gasteiger charge is -2.35. The van der Waals surface area contributed by atoms with Crippen LogP contribution in [0, 0.1) is 0 Å². The Bertz CT molecular complexity index is 831. The molecule has 0 aromatic heterocycles. The van der Waals surface area contributed by atoms with Crippen LogP contribution in [0.5, 0.6) is 5.75 Å². The van der Waals surface area contributed by atoms with Crippen LogP contribution in [0.25, 0.3) is 0 Å². The number of hydrogen-bond acceptors (Lipinski definition) is 4. The third-order valence-electron chi connectivity index (χ3n) is 4.77. The number of anilines is 1. The van der Waals surface area contributed by atoms with Crippen LogP contribution in [-0.2, 0) is 16.4 Å². The lowest BCUT2D eigenvalue weighted by molar-refractivity contribution is 0.331. The standard InChI is InChI=1S/C20H25ClN2O3S/c1-2-17-3-9-20(10-4-17)26-15-16-27(24,25)23-13-11-22(12-14-23)19-7-5-18(21)6-8-19/h3-10H,2,11-16H2,1H3. The van der Waals surface area contributed by atoms with E-state index in [1.165, 1.54) is 5.56 Å². The van der Waals surface area contributed by atoms with Crippen LogP contribution in [0.15, 0.2) is 48.5 Å². The van der Waals surface area contributed by atoms with Crippen LogP contribution < -0.4 is 9.64 Å². The zero-order chi connectivity index (χ0) is 19.3. The molecule has 2 aromatic rings.